The summed E-state index contributed by atoms with van der Waals surface area (Å²) < 4.78 is 12.1. The molecule has 10 nitrogen and oxygen atoms in total. The topological polar surface area (TPSA) is 123 Å². The van der Waals surface area contributed by atoms with Crippen molar-refractivity contribution in [2.24, 2.45) is 0 Å². The monoisotopic (exact) mass is 463 g/mol. The van der Waals surface area contributed by atoms with Crippen molar-refractivity contribution in [3.63, 3.8) is 0 Å². The maximum absolute atomic E-state index is 12.6. The van der Waals surface area contributed by atoms with Crippen LogP contribution in [-0.2, 0) is 0 Å². The number of aromatic nitrogens is 5. The van der Waals surface area contributed by atoms with E-state index < -0.39 is 0 Å². The highest BCUT2D eigenvalue weighted by molar-refractivity contribution is 6.38. The van der Waals surface area contributed by atoms with Crippen molar-refractivity contribution in [2.45, 2.75) is 6.92 Å². The minimum absolute atomic E-state index is 0.247. The number of nitrogens with one attached hydrogen (secondary N) is 3. The second kappa shape index (κ2) is 8.32. The number of rotatable bonds is 6. The average molecular weight is 464 g/mol. The Hall–Kier alpha value is -4.31. The highest BCUT2D eigenvalue weighted by Crippen LogP contribution is 2.33. The smallest absolute Gasteiger partial charge is 0.261 e. The van der Waals surface area contributed by atoms with Gasteiger partial charge in [0.05, 0.1) is 47.0 Å². The molecule has 0 radical (unpaired) electrons. The molecule has 0 atom stereocenters. The van der Waals surface area contributed by atoms with E-state index in [1.165, 1.54) is 13.3 Å². The summed E-state index contributed by atoms with van der Waals surface area (Å²) in [6, 6.07) is 10.5. The van der Waals surface area contributed by atoms with E-state index in [4.69, 9.17) is 20.9 Å². The summed E-state index contributed by atoms with van der Waals surface area (Å²) in [5.41, 5.74) is 3.54. The van der Waals surface area contributed by atoms with Crippen molar-refractivity contribution in [2.75, 3.05) is 17.7 Å². The lowest BCUT2D eigenvalue weighted by Gasteiger charge is -2.10. The quantitative estimate of drug-likeness (QED) is 0.333. The van der Waals surface area contributed by atoms with Gasteiger partial charge >= 0.3 is 0 Å². The molecule has 3 N–H and O–H groups in total. The van der Waals surface area contributed by atoms with Crippen LogP contribution in [0.5, 0.6) is 5.75 Å². The fraction of sp³-hybridized carbons (Fsp3) is 0.0909. The molecule has 2 aromatic carbocycles. The Morgan fingerprint density at radius 2 is 2.12 bits per heavy atom. The van der Waals surface area contributed by atoms with Gasteiger partial charge in [0, 0.05) is 29.3 Å². The third kappa shape index (κ3) is 3.87. The maximum atomic E-state index is 12.6. The molecule has 0 fully saturated rings. The van der Waals surface area contributed by atoms with Gasteiger partial charge in [-0.3, -0.25) is 15.2 Å². The Morgan fingerprint density at radius 3 is 2.91 bits per heavy atom. The normalized spacial score (nSPS) is 11.0. The lowest BCUT2D eigenvalue weighted by Crippen LogP contribution is -2.13. The van der Waals surface area contributed by atoms with Gasteiger partial charge in [-0.25, -0.2) is 4.68 Å². The van der Waals surface area contributed by atoms with E-state index in [1.807, 2.05) is 25.3 Å². The number of fused-ring (bicyclic) bond motifs is 1. The number of anilines is 3. The molecule has 0 unspecified atom stereocenters. The lowest BCUT2D eigenvalue weighted by molar-refractivity contribution is 0.102. The van der Waals surface area contributed by atoms with Crippen LogP contribution in [0.15, 0.2) is 59.5 Å². The number of hydrogen-bond acceptors (Lipinski definition) is 7. The number of aromatic amines is 1. The van der Waals surface area contributed by atoms with Crippen LogP contribution in [-0.4, -0.2) is 38.2 Å². The Morgan fingerprint density at radius 1 is 1.24 bits per heavy atom. The van der Waals surface area contributed by atoms with E-state index in [-0.39, 0.29) is 11.8 Å². The molecule has 1 amide bonds. The van der Waals surface area contributed by atoms with Gasteiger partial charge in [0.15, 0.2) is 5.82 Å². The molecule has 33 heavy (non-hydrogen) atoms. The van der Waals surface area contributed by atoms with Crippen molar-refractivity contribution >= 4 is 45.8 Å². The van der Waals surface area contributed by atoms with E-state index in [0.717, 1.165) is 27.8 Å². The predicted octanol–water partition coefficient (Wildman–Crippen LogP) is 4.70. The first-order valence-electron chi connectivity index (χ1n) is 9.89. The van der Waals surface area contributed by atoms with Crippen LogP contribution < -0.4 is 15.4 Å². The molecule has 5 aromatic rings. The van der Waals surface area contributed by atoms with Crippen LogP contribution in [0.2, 0.25) is 5.02 Å². The van der Waals surface area contributed by atoms with Gasteiger partial charge in [0.1, 0.15) is 5.75 Å². The molecule has 0 saturated carbocycles. The van der Waals surface area contributed by atoms with E-state index in [2.05, 4.69) is 31.1 Å². The first-order chi connectivity index (χ1) is 16.0. The minimum Gasteiger partial charge on any atom is -0.496 e. The van der Waals surface area contributed by atoms with E-state index in [1.54, 1.807) is 35.1 Å². The second-order valence-corrected chi connectivity index (χ2v) is 7.58. The number of halogens is 1. The van der Waals surface area contributed by atoms with Crippen LogP contribution >= 0.6 is 11.6 Å². The largest absolute Gasteiger partial charge is 0.496 e. The number of carbonyl (C=O) groups excluding carboxylic acids is 1. The van der Waals surface area contributed by atoms with Gasteiger partial charge in [-0.2, -0.15) is 5.10 Å². The number of amides is 1. The standard InChI is InChI=1S/C22H18ClN7O3/c1-12-11-30(29-21(12)26-17-6-5-16-15(20(17)23)10-24-28-16)13-3-4-14(18(9-13)32-2)22(31)27-19-7-8-25-33-19/h3-11H,1-2H3,(H,24,28)(H,26,29)(H,27,31). The molecule has 11 heteroatoms. The second-order valence-electron chi connectivity index (χ2n) is 7.20. The molecule has 0 bridgehead atoms. The Balaban J connectivity index is 1.42. The first kappa shape index (κ1) is 20.6. The molecule has 166 valence electrons. The van der Waals surface area contributed by atoms with E-state index in [0.29, 0.717) is 22.2 Å². The van der Waals surface area contributed by atoms with Crippen molar-refractivity contribution in [1.82, 2.24) is 25.1 Å². The molecular weight excluding hydrogens is 446 g/mol. The SMILES string of the molecule is COc1cc(-n2cc(C)c(Nc3ccc4[nH]ncc4c3Cl)n2)ccc1C(=O)Nc1ccno1. The number of benzene rings is 2. The molecule has 3 heterocycles. The van der Waals surface area contributed by atoms with Crippen LogP contribution in [0.1, 0.15) is 15.9 Å². The highest BCUT2D eigenvalue weighted by Gasteiger charge is 2.17. The summed E-state index contributed by atoms with van der Waals surface area (Å²) in [5, 5.41) is 22.4. The molecule has 0 spiro atoms. The molecule has 3 aromatic heterocycles. The fourth-order valence-electron chi connectivity index (χ4n) is 3.39. The molecule has 0 saturated heterocycles. The molecule has 5 rings (SSSR count). The molecule has 0 aliphatic carbocycles. The molecule has 0 aliphatic rings. The fourth-order valence-corrected chi connectivity index (χ4v) is 3.65. The summed E-state index contributed by atoms with van der Waals surface area (Å²) in [6.07, 6.45) is 5.00. The summed E-state index contributed by atoms with van der Waals surface area (Å²) in [4.78, 5) is 12.6. The van der Waals surface area contributed by atoms with Gasteiger partial charge in [0.25, 0.3) is 5.91 Å². The van der Waals surface area contributed by atoms with E-state index >= 15 is 0 Å². The van der Waals surface area contributed by atoms with Gasteiger partial charge in [-0.1, -0.05) is 16.8 Å². The molecular formula is C22H18ClN7O3. The summed E-state index contributed by atoms with van der Waals surface area (Å²) in [6.45, 7) is 1.94. The zero-order valence-corrected chi connectivity index (χ0v) is 18.3. The van der Waals surface area contributed by atoms with Gasteiger partial charge < -0.3 is 14.6 Å². The number of H-pyrrole nitrogens is 1. The number of ether oxygens (including phenoxy) is 1. The van der Waals surface area contributed by atoms with Crippen LogP contribution in [0.25, 0.3) is 16.6 Å². The minimum atomic E-state index is -0.376. The zero-order chi connectivity index (χ0) is 22.9. The number of nitrogens with zero attached hydrogens (tertiary/aromatic N) is 4. The van der Waals surface area contributed by atoms with Gasteiger partial charge in [-0.05, 0) is 31.2 Å². The Labute approximate surface area is 192 Å². The third-order valence-corrected chi connectivity index (χ3v) is 5.48. The highest BCUT2D eigenvalue weighted by atomic mass is 35.5. The van der Waals surface area contributed by atoms with Gasteiger partial charge in [-0.15, -0.1) is 5.10 Å². The molecule has 0 aliphatic heterocycles. The number of methoxy groups -OCH3 is 1. The summed E-state index contributed by atoms with van der Waals surface area (Å²) >= 11 is 6.52. The summed E-state index contributed by atoms with van der Waals surface area (Å²) in [7, 11) is 1.50. The van der Waals surface area contributed by atoms with Crippen molar-refractivity contribution in [1.29, 1.82) is 0 Å². The van der Waals surface area contributed by atoms with Crippen LogP contribution in [0.3, 0.4) is 0 Å². The number of hydrogen-bond donors (Lipinski definition) is 3. The number of carbonyl (C=O) groups is 1. The van der Waals surface area contributed by atoms with Crippen molar-refractivity contribution < 1.29 is 14.1 Å². The average Bonchev–Trinajstić information content (AvgIpc) is 3.57. The van der Waals surface area contributed by atoms with E-state index in [9.17, 15) is 4.79 Å². The van der Waals surface area contributed by atoms with Gasteiger partial charge in [0.2, 0.25) is 5.88 Å². The van der Waals surface area contributed by atoms with Crippen LogP contribution in [0.4, 0.5) is 17.4 Å². The van der Waals surface area contributed by atoms with Crippen molar-refractivity contribution in [3.05, 3.63) is 71.1 Å². The Bertz CT molecular complexity index is 1460. The number of aryl methyl sites for hydroxylation is 1. The predicted molar refractivity (Wildman–Crippen MR) is 124 cm³/mol. The summed E-state index contributed by atoms with van der Waals surface area (Å²) in [5.74, 6) is 0.904. The van der Waals surface area contributed by atoms with Crippen molar-refractivity contribution in [3.8, 4) is 11.4 Å². The first-order valence-corrected chi connectivity index (χ1v) is 10.3. The Kier molecular flexibility index (Phi) is 5.19. The lowest BCUT2D eigenvalue weighted by atomic mass is 10.1. The zero-order valence-electron chi connectivity index (χ0n) is 17.6. The maximum Gasteiger partial charge on any atom is 0.261 e. The third-order valence-electron chi connectivity index (χ3n) is 5.08. The van der Waals surface area contributed by atoms with Crippen LogP contribution in [0, 0.1) is 6.92 Å².